The highest BCUT2D eigenvalue weighted by Crippen LogP contribution is 2.46. The predicted molar refractivity (Wildman–Crippen MR) is 219 cm³/mol. The fourth-order valence-electron chi connectivity index (χ4n) is 5.43. The summed E-state index contributed by atoms with van der Waals surface area (Å²) in [7, 11) is 14.0. The lowest BCUT2D eigenvalue weighted by atomic mass is 9.85. The summed E-state index contributed by atoms with van der Waals surface area (Å²) < 4.78 is 34.0. The number of hydrogen-bond acceptors (Lipinski definition) is 8. The van der Waals surface area contributed by atoms with Crippen molar-refractivity contribution in [1.29, 1.82) is 0 Å². The number of methoxy groups -OCH3 is 6. The zero-order chi connectivity index (χ0) is 38.6. The van der Waals surface area contributed by atoms with Gasteiger partial charge in [0.25, 0.3) is 0 Å². The maximum Gasteiger partial charge on any atom is 0.0724 e. The van der Waals surface area contributed by atoms with Gasteiger partial charge in [0, 0.05) is 56.9 Å². The van der Waals surface area contributed by atoms with Crippen molar-refractivity contribution in [2.24, 2.45) is 0 Å². The Morgan fingerprint density at radius 1 is 0.392 bits per heavy atom. The van der Waals surface area contributed by atoms with E-state index in [0.29, 0.717) is 39.6 Å². The number of ether oxygens (including phenoxy) is 6. The van der Waals surface area contributed by atoms with E-state index in [0.717, 1.165) is 4.47 Å². The van der Waals surface area contributed by atoms with Crippen molar-refractivity contribution in [1.82, 2.24) is 0 Å². The molecular formula is C42H63BrO6S2. The smallest absolute Gasteiger partial charge is 0.0724 e. The number of halogens is 1. The molecule has 0 spiro atoms. The van der Waals surface area contributed by atoms with Crippen molar-refractivity contribution in [2.45, 2.75) is 128 Å². The van der Waals surface area contributed by atoms with Crippen LogP contribution in [0.15, 0.2) is 50.7 Å². The van der Waals surface area contributed by atoms with Gasteiger partial charge in [-0.3, -0.25) is 0 Å². The van der Waals surface area contributed by atoms with Crippen molar-refractivity contribution in [2.75, 3.05) is 42.7 Å². The quantitative estimate of drug-likeness (QED) is 0.141. The highest BCUT2D eigenvalue weighted by Gasteiger charge is 2.23. The van der Waals surface area contributed by atoms with Gasteiger partial charge in [-0.05, 0) is 66.3 Å². The van der Waals surface area contributed by atoms with E-state index < -0.39 is 0 Å². The van der Waals surface area contributed by atoms with Crippen molar-refractivity contribution < 1.29 is 28.4 Å². The van der Waals surface area contributed by atoms with Crippen LogP contribution in [0.4, 0.5) is 0 Å². The molecule has 9 heteroatoms. The molecule has 0 aliphatic carbocycles. The molecule has 0 N–H and O–H groups in total. The van der Waals surface area contributed by atoms with Crippen molar-refractivity contribution in [3.63, 3.8) is 0 Å². The van der Waals surface area contributed by atoms with Crippen LogP contribution in [0, 0.1) is 0 Å². The molecule has 0 radical (unpaired) electrons. The van der Waals surface area contributed by atoms with Crippen LogP contribution < -0.4 is 0 Å². The minimum absolute atomic E-state index is 0.0430. The molecular weight excluding hydrogens is 744 g/mol. The minimum atomic E-state index is 0.0430. The summed E-state index contributed by atoms with van der Waals surface area (Å²) in [6, 6.07) is 13.5. The summed E-state index contributed by atoms with van der Waals surface area (Å²) in [5, 5.41) is 0. The fourth-order valence-corrected chi connectivity index (χ4v) is 8.74. The Morgan fingerprint density at radius 2 is 0.588 bits per heavy atom. The third-order valence-corrected chi connectivity index (χ3v) is 12.0. The van der Waals surface area contributed by atoms with Crippen LogP contribution in [-0.4, -0.2) is 42.7 Å². The zero-order valence-corrected chi connectivity index (χ0v) is 37.1. The molecule has 0 saturated carbocycles. The van der Waals surface area contributed by atoms with E-state index in [9.17, 15) is 0 Å². The van der Waals surface area contributed by atoms with Crippen LogP contribution in [0.1, 0.15) is 112 Å². The molecule has 0 aromatic heterocycles. The van der Waals surface area contributed by atoms with Gasteiger partial charge < -0.3 is 28.4 Å². The molecule has 0 saturated heterocycles. The van der Waals surface area contributed by atoms with Crippen LogP contribution in [-0.2, 0) is 84.3 Å². The molecule has 286 valence electrons. The molecule has 3 aromatic carbocycles. The monoisotopic (exact) mass is 806 g/mol. The summed E-state index contributed by atoms with van der Waals surface area (Å²) >= 11 is 3.62. The Labute approximate surface area is 326 Å². The summed E-state index contributed by atoms with van der Waals surface area (Å²) in [5.41, 5.74) is 11.2. The van der Waals surface area contributed by atoms with E-state index >= 15 is 0 Å². The highest BCUT2D eigenvalue weighted by atomic mass is 79.9. The van der Waals surface area contributed by atoms with Crippen molar-refractivity contribution >= 4 is 37.5 Å². The minimum Gasteiger partial charge on any atom is -0.380 e. The number of rotatable bonds is 15. The molecule has 0 amide bonds. The first kappa shape index (κ1) is 45.8. The zero-order valence-electron chi connectivity index (χ0n) is 33.9. The van der Waals surface area contributed by atoms with E-state index in [-0.39, 0.29) is 16.2 Å². The van der Waals surface area contributed by atoms with Gasteiger partial charge in [-0.2, -0.15) is 0 Å². The summed E-state index contributed by atoms with van der Waals surface area (Å²) in [4.78, 5) is 2.40. The second kappa shape index (κ2) is 20.9. The van der Waals surface area contributed by atoms with E-state index in [4.69, 9.17) is 28.4 Å². The normalized spacial score (nSPS) is 12.2. The summed E-state index contributed by atoms with van der Waals surface area (Å²) in [5.74, 6) is 0. The van der Waals surface area contributed by atoms with Gasteiger partial charge in [0.2, 0.25) is 0 Å². The molecule has 0 aliphatic rings. The third kappa shape index (κ3) is 13.8. The molecule has 3 aromatic rings. The van der Waals surface area contributed by atoms with Gasteiger partial charge >= 0.3 is 0 Å². The van der Waals surface area contributed by atoms with Crippen LogP contribution in [0.2, 0.25) is 0 Å². The maximum atomic E-state index is 5.60. The van der Waals surface area contributed by atoms with Gasteiger partial charge in [0.15, 0.2) is 0 Å². The molecule has 0 unspecified atom stereocenters. The lowest BCUT2D eigenvalue weighted by molar-refractivity contribution is 0.175. The Balaban J connectivity index is 0.000000444. The highest BCUT2D eigenvalue weighted by molar-refractivity contribution is 9.10. The molecule has 0 atom stereocenters. The first-order chi connectivity index (χ1) is 23.9. The average Bonchev–Trinajstić information content (AvgIpc) is 3.02. The van der Waals surface area contributed by atoms with E-state index in [1.165, 1.54) is 59.9 Å². The van der Waals surface area contributed by atoms with Crippen LogP contribution in [0.5, 0.6) is 0 Å². The van der Waals surface area contributed by atoms with Gasteiger partial charge in [0.05, 0.1) is 39.6 Å². The Hall–Kier alpha value is -1.40. The van der Waals surface area contributed by atoms with Crippen molar-refractivity contribution in [3.05, 3.63) is 90.9 Å². The third-order valence-electron chi connectivity index (χ3n) is 8.31. The Morgan fingerprint density at radius 3 is 0.784 bits per heavy atom. The number of hydrogen-bond donors (Lipinski definition) is 0. The first-order valence-corrected chi connectivity index (χ1v) is 20.2. The Kier molecular flexibility index (Phi) is 18.7. The summed E-state index contributed by atoms with van der Waals surface area (Å²) in [6.07, 6.45) is 0. The van der Waals surface area contributed by atoms with E-state index in [2.05, 4.69) is 115 Å². The molecule has 0 fully saturated rings. The second-order valence-corrected chi connectivity index (χ2v) is 18.8. The lowest BCUT2D eigenvalue weighted by Crippen LogP contribution is -2.14. The van der Waals surface area contributed by atoms with Gasteiger partial charge in [-0.15, -0.1) is 0 Å². The van der Waals surface area contributed by atoms with Crippen LogP contribution in [0.25, 0.3) is 0 Å². The van der Waals surface area contributed by atoms with Crippen molar-refractivity contribution in [3.8, 4) is 0 Å². The summed E-state index contributed by atoms with van der Waals surface area (Å²) in [6.45, 7) is 23.5. The standard InChI is InChI=1S/C28H42O4S2.C14H21BrO2/c1-27(2,3)23-11-19(15-29-7)25(20(12-23)16-30-8)33-34-26-21(17-31-9)13-24(28(4,5)6)14-22(26)18-32-10;1-14(2,3)12-6-10(8-16-4)13(15)11(7-12)9-17-5/h11-14H,15-18H2,1-10H3;6-7H,8-9H2,1-5H3. The van der Waals surface area contributed by atoms with Gasteiger partial charge in [-0.25, -0.2) is 0 Å². The lowest BCUT2D eigenvalue weighted by Gasteiger charge is -2.25. The second-order valence-electron chi connectivity index (χ2n) is 15.9. The predicted octanol–water partition coefficient (Wildman–Crippen LogP) is 11.7. The largest absolute Gasteiger partial charge is 0.380 e. The van der Waals surface area contributed by atoms with Crippen LogP contribution in [0.3, 0.4) is 0 Å². The first-order valence-electron chi connectivity index (χ1n) is 17.3. The van der Waals surface area contributed by atoms with Crippen LogP contribution >= 0.6 is 37.5 Å². The molecule has 3 rings (SSSR count). The SMILES string of the molecule is COCc1cc(C(C)(C)C)cc(COC)c1Br.COCc1cc(C(C)(C)C)cc(COC)c1SSc1c(COC)cc(C(C)(C)C)cc1COC. The average molecular weight is 808 g/mol. The molecule has 0 bridgehead atoms. The van der Waals surface area contributed by atoms with Gasteiger partial charge in [-0.1, -0.05) is 136 Å². The molecule has 51 heavy (non-hydrogen) atoms. The molecule has 0 heterocycles. The van der Waals surface area contributed by atoms with Gasteiger partial charge in [0.1, 0.15) is 0 Å². The molecule has 6 nitrogen and oxygen atoms in total. The number of benzene rings is 3. The van der Waals surface area contributed by atoms with E-state index in [1.807, 2.05) is 0 Å². The fraction of sp³-hybridized carbons (Fsp3) is 0.571. The Bertz CT molecular complexity index is 1380. The van der Waals surface area contributed by atoms with E-state index in [1.54, 1.807) is 64.2 Å². The maximum absolute atomic E-state index is 5.60. The topological polar surface area (TPSA) is 55.4 Å². The molecule has 0 aliphatic heterocycles.